The average Bonchev–Trinajstić information content (AvgIpc) is 2.08. The fraction of sp³-hybridized carbons (Fsp3) is 0.364. The van der Waals surface area contributed by atoms with Crippen molar-refractivity contribution in [3.05, 3.63) is 34.9 Å². The topological polar surface area (TPSA) is 49.8 Å². The Morgan fingerprint density at radius 2 is 2.23 bits per heavy atom. The molecule has 0 spiro atoms. The van der Waals surface area contributed by atoms with Crippen LogP contribution in [0.1, 0.15) is 29.7 Å². The van der Waals surface area contributed by atoms with Crippen LogP contribution in [0.5, 0.6) is 0 Å². The molecule has 13 heavy (non-hydrogen) atoms. The molecule has 0 unspecified atom stereocenters. The number of benzene rings is 1. The normalized spacial score (nSPS) is 12.2. The molecule has 1 aromatic rings. The van der Waals surface area contributed by atoms with Gasteiger partial charge in [-0.1, -0.05) is 18.2 Å². The minimum absolute atomic E-state index is 0.0404. The summed E-state index contributed by atoms with van der Waals surface area (Å²) in [6, 6.07) is 8.14. The maximum Gasteiger partial charge on any atom is 0.0669 e. The van der Waals surface area contributed by atoms with E-state index in [2.05, 4.69) is 6.07 Å². The molecule has 68 valence electrons. The largest absolute Gasteiger partial charge is 0.324 e. The minimum atomic E-state index is 0.0404. The van der Waals surface area contributed by atoms with Crippen LogP contribution >= 0.6 is 0 Å². The van der Waals surface area contributed by atoms with Crippen molar-refractivity contribution in [2.24, 2.45) is 5.73 Å². The van der Waals surface area contributed by atoms with Crippen LogP contribution in [-0.4, -0.2) is 0 Å². The summed E-state index contributed by atoms with van der Waals surface area (Å²) in [6.45, 7) is 3.98. The van der Waals surface area contributed by atoms with Crippen LogP contribution in [0.25, 0.3) is 0 Å². The summed E-state index contributed by atoms with van der Waals surface area (Å²) < 4.78 is 0. The summed E-state index contributed by atoms with van der Waals surface area (Å²) in [6.07, 6.45) is 0.465. The molecule has 0 fully saturated rings. The smallest absolute Gasteiger partial charge is 0.0669 e. The average molecular weight is 174 g/mol. The molecule has 0 radical (unpaired) electrons. The van der Waals surface area contributed by atoms with E-state index in [-0.39, 0.29) is 6.04 Å². The third kappa shape index (κ3) is 2.07. The lowest BCUT2D eigenvalue weighted by Crippen LogP contribution is -2.08. The summed E-state index contributed by atoms with van der Waals surface area (Å²) in [4.78, 5) is 0. The second-order valence-electron chi connectivity index (χ2n) is 3.25. The second-order valence-corrected chi connectivity index (χ2v) is 3.25. The molecule has 2 N–H and O–H groups in total. The van der Waals surface area contributed by atoms with Gasteiger partial charge < -0.3 is 5.73 Å². The van der Waals surface area contributed by atoms with Crippen LogP contribution in [0, 0.1) is 18.3 Å². The standard InChI is InChI=1S/C11H14N2/c1-8-10(6-7-12)4-3-5-11(8)9(2)13/h3-5,9H,6,13H2,1-2H3/t9-/m1/s1. The lowest BCUT2D eigenvalue weighted by atomic mass is 9.97. The quantitative estimate of drug-likeness (QED) is 0.746. The van der Waals surface area contributed by atoms with Crippen molar-refractivity contribution in [1.29, 1.82) is 5.26 Å². The molecular formula is C11H14N2. The zero-order valence-electron chi connectivity index (χ0n) is 8.04. The van der Waals surface area contributed by atoms with E-state index in [1.807, 2.05) is 32.0 Å². The number of nitriles is 1. The Morgan fingerprint density at radius 1 is 1.54 bits per heavy atom. The minimum Gasteiger partial charge on any atom is -0.324 e. The van der Waals surface area contributed by atoms with Crippen molar-refractivity contribution in [2.75, 3.05) is 0 Å². The van der Waals surface area contributed by atoms with Crippen molar-refractivity contribution in [1.82, 2.24) is 0 Å². The van der Waals surface area contributed by atoms with Gasteiger partial charge in [0.2, 0.25) is 0 Å². The molecule has 2 heteroatoms. The first kappa shape index (κ1) is 9.76. The molecule has 0 bridgehead atoms. The highest BCUT2D eigenvalue weighted by Crippen LogP contribution is 2.18. The SMILES string of the molecule is Cc1c(CC#N)cccc1[C@@H](C)N. The van der Waals surface area contributed by atoms with E-state index < -0.39 is 0 Å². The zero-order valence-corrected chi connectivity index (χ0v) is 8.04. The molecule has 0 aliphatic carbocycles. The Morgan fingerprint density at radius 3 is 2.77 bits per heavy atom. The number of rotatable bonds is 2. The van der Waals surface area contributed by atoms with E-state index in [0.29, 0.717) is 6.42 Å². The number of hydrogen-bond acceptors (Lipinski definition) is 2. The molecule has 1 aromatic carbocycles. The third-order valence-electron chi connectivity index (χ3n) is 2.25. The Kier molecular flexibility index (Phi) is 3.05. The van der Waals surface area contributed by atoms with Crippen LogP contribution in [-0.2, 0) is 6.42 Å². The Bertz CT molecular complexity index is 334. The summed E-state index contributed by atoms with van der Waals surface area (Å²) in [7, 11) is 0. The van der Waals surface area contributed by atoms with Gasteiger partial charge in [0.15, 0.2) is 0 Å². The Balaban J connectivity index is 3.12. The van der Waals surface area contributed by atoms with Gasteiger partial charge in [0.25, 0.3) is 0 Å². The summed E-state index contributed by atoms with van der Waals surface area (Å²) >= 11 is 0. The van der Waals surface area contributed by atoms with Crippen LogP contribution in [0.15, 0.2) is 18.2 Å². The summed E-state index contributed by atoms with van der Waals surface area (Å²) in [5.41, 5.74) is 9.16. The zero-order chi connectivity index (χ0) is 9.84. The van der Waals surface area contributed by atoms with Gasteiger partial charge in [0.05, 0.1) is 12.5 Å². The van der Waals surface area contributed by atoms with Gasteiger partial charge in [-0.3, -0.25) is 0 Å². The van der Waals surface area contributed by atoms with Crippen molar-refractivity contribution < 1.29 is 0 Å². The molecule has 0 saturated carbocycles. The second kappa shape index (κ2) is 4.06. The maximum absolute atomic E-state index is 8.59. The van der Waals surface area contributed by atoms with Crippen molar-refractivity contribution >= 4 is 0 Å². The van der Waals surface area contributed by atoms with Crippen LogP contribution in [0.4, 0.5) is 0 Å². The van der Waals surface area contributed by atoms with E-state index in [9.17, 15) is 0 Å². The van der Waals surface area contributed by atoms with Gasteiger partial charge in [-0.25, -0.2) is 0 Å². The van der Waals surface area contributed by atoms with Gasteiger partial charge in [0.1, 0.15) is 0 Å². The predicted molar refractivity (Wildman–Crippen MR) is 53.1 cm³/mol. The number of nitrogens with zero attached hydrogens (tertiary/aromatic N) is 1. The maximum atomic E-state index is 8.59. The molecule has 0 saturated heterocycles. The van der Waals surface area contributed by atoms with Gasteiger partial charge in [-0.15, -0.1) is 0 Å². The van der Waals surface area contributed by atoms with Gasteiger partial charge in [0, 0.05) is 6.04 Å². The highest BCUT2D eigenvalue weighted by atomic mass is 14.6. The fourth-order valence-corrected chi connectivity index (χ4v) is 1.47. The van der Waals surface area contributed by atoms with Gasteiger partial charge in [-0.05, 0) is 30.5 Å². The molecule has 0 aromatic heterocycles. The van der Waals surface area contributed by atoms with E-state index >= 15 is 0 Å². The molecule has 1 atom stereocenters. The van der Waals surface area contributed by atoms with Crippen LogP contribution < -0.4 is 5.73 Å². The van der Waals surface area contributed by atoms with E-state index in [4.69, 9.17) is 11.0 Å². The summed E-state index contributed by atoms with van der Waals surface area (Å²) in [5.74, 6) is 0. The first-order valence-corrected chi connectivity index (χ1v) is 4.37. The van der Waals surface area contributed by atoms with Gasteiger partial charge >= 0.3 is 0 Å². The molecule has 0 aliphatic rings. The Labute approximate surface area is 79.0 Å². The lowest BCUT2D eigenvalue weighted by Gasteiger charge is -2.11. The molecule has 0 heterocycles. The van der Waals surface area contributed by atoms with Crippen molar-refractivity contribution in [3.63, 3.8) is 0 Å². The Hall–Kier alpha value is -1.33. The molecule has 0 amide bonds. The molecule has 0 aliphatic heterocycles. The van der Waals surface area contributed by atoms with E-state index in [1.165, 1.54) is 0 Å². The fourth-order valence-electron chi connectivity index (χ4n) is 1.47. The molecule has 1 rings (SSSR count). The third-order valence-corrected chi connectivity index (χ3v) is 2.25. The van der Waals surface area contributed by atoms with Crippen molar-refractivity contribution in [2.45, 2.75) is 26.3 Å². The molecule has 2 nitrogen and oxygen atoms in total. The van der Waals surface area contributed by atoms with Gasteiger partial charge in [-0.2, -0.15) is 5.26 Å². The number of nitrogens with two attached hydrogens (primary N) is 1. The highest BCUT2D eigenvalue weighted by Gasteiger charge is 2.06. The predicted octanol–water partition coefficient (Wildman–Crippen LogP) is 2.08. The monoisotopic (exact) mass is 174 g/mol. The highest BCUT2D eigenvalue weighted by molar-refractivity contribution is 5.37. The first-order valence-electron chi connectivity index (χ1n) is 4.37. The van der Waals surface area contributed by atoms with Crippen LogP contribution in [0.3, 0.4) is 0 Å². The van der Waals surface area contributed by atoms with Crippen LogP contribution in [0.2, 0.25) is 0 Å². The molecular weight excluding hydrogens is 160 g/mol. The summed E-state index contributed by atoms with van der Waals surface area (Å²) in [5, 5.41) is 8.59. The van der Waals surface area contributed by atoms with Crippen molar-refractivity contribution in [3.8, 4) is 6.07 Å². The lowest BCUT2D eigenvalue weighted by molar-refractivity contribution is 0.807. The van der Waals surface area contributed by atoms with E-state index in [1.54, 1.807) is 0 Å². The first-order chi connectivity index (χ1) is 6.16. The van der Waals surface area contributed by atoms with E-state index in [0.717, 1.165) is 16.7 Å². The number of hydrogen-bond donors (Lipinski definition) is 1.